The number of imidazole rings is 1. The van der Waals surface area contributed by atoms with Crippen LogP contribution in [0, 0.1) is 0 Å². The van der Waals surface area contributed by atoms with Gasteiger partial charge in [0.2, 0.25) is 5.91 Å². The fourth-order valence-corrected chi connectivity index (χ4v) is 5.29. The third kappa shape index (κ3) is 8.19. The van der Waals surface area contributed by atoms with Crippen LogP contribution in [0.25, 0.3) is 22.4 Å². The number of alkyl halides is 1. The van der Waals surface area contributed by atoms with Gasteiger partial charge in [-0.25, -0.2) is 4.98 Å². The first-order valence-electron chi connectivity index (χ1n) is 14.6. The van der Waals surface area contributed by atoms with E-state index in [0.717, 1.165) is 40.5 Å². The zero-order valence-corrected chi connectivity index (χ0v) is 27.0. The number of nitrogens with zero attached hydrogens (tertiary/aromatic N) is 2. The average Bonchev–Trinajstić information content (AvgIpc) is 3.39. The van der Waals surface area contributed by atoms with Gasteiger partial charge in [0.25, 0.3) is 0 Å². The van der Waals surface area contributed by atoms with Crippen LogP contribution in [-0.2, 0) is 16.6 Å². The Morgan fingerprint density at radius 3 is 2.12 bits per heavy atom. The van der Waals surface area contributed by atoms with Crippen molar-refractivity contribution in [1.29, 1.82) is 0 Å². The zero-order valence-electron chi connectivity index (χ0n) is 25.5. The third-order valence-electron chi connectivity index (χ3n) is 7.33. The molecule has 0 aliphatic carbocycles. The molecule has 0 fully saturated rings. The summed E-state index contributed by atoms with van der Waals surface area (Å²) < 4.78 is 2.09. The molecule has 1 unspecified atom stereocenters. The van der Waals surface area contributed by atoms with Crippen LogP contribution in [0.1, 0.15) is 63.7 Å². The van der Waals surface area contributed by atoms with Gasteiger partial charge in [0.05, 0.1) is 5.69 Å². The second-order valence-corrected chi connectivity index (χ2v) is 12.4. The van der Waals surface area contributed by atoms with Gasteiger partial charge in [0.15, 0.2) is 0 Å². The lowest BCUT2D eigenvalue weighted by Gasteiger charge is -2.19. The van der Waals surface area contributed by atoms with Crippen molar-refractivity contribution in [3.8, 4) is 16.8 Å². The molecule has 4 aromatic rings. The predicted molar refractivity (Wildman–Crippen MR) is 182 cm³/mol. The van der Waals surface area contributed by atoms with Gasteiger partial charge in [-0.3, -0.25) is 4.79 Å². The van der Waals surface area contributed by atoms with Gasteiger partial charge in [-0.2, -0.15) is 0 Å². The van der Waals surface area contributed by atoms with Crippen LogP contribution in [-0.4, -0.2) is 27.4 Å². The molecule has 224 valence electrons. The minimum absolute atomic E-state index is 0.123. The van der Waals surface area contributed by atoms with E-state index in [1.807, 2.05) is 30.5 Å². The highest BCUT2D eigenvalue weighted by molar-refractivity contribution is 6.37. The van der Waals surface area contributed by atoms with Crippen molar-refractivity contribution in [1.82, 2.24) is 9.55 Å². The Labute approximate surface area is 265 Å². The number of hydrogen-bond acceptors (Lipinski definition) is 3. The normalized spacial score (nSPS) is 13.2. The highest BCUT2D eigenvalue weighted by Gasteiger charge is 2.17. The second kappa shape index (κ2) is 14.1. The number of aromatic nitrogens is 2. The van der Waals surface area contributed by atoms with E-state index in [4.69, 9.17) is 33.9 Å². The van der Waals surface area contributed by atoms with Crippen LogP contribution in [0.3, 0.4) is 0 Å². The highest BCUT2D eigenvalue weighted by atomic mass is 35.5. The van der Waals surface area contributed by atoms with E-state index in [0.29, 0.717) is 17.3 Å². The number of halogens is 2. The largest absolute Gasteiger partial charge is 0.374 e. The Bertz CT molecular complexity index is 1590. The maximum Gasteiger partial charge on any atom is 0.239 e. The highest BCUT2D eigenvalue weighted by Crippen LogP contribution is 2.30. The predicted octanol–water partition coefficient (Wildman–Crippen LogP) is 8.87. The zero-order chi connectivity index (χ0) is 31.1. The van der Waals surface area contributed by atoms with Gasteiger partial charge in [-0.15, -0.1) is 11.6 Å². The molecule has 0 spiro atoms. The van der Waals surface area contributed by atoms with Crippen LogP contribution in [0.2, 0.25) is 0 Å². The molecule has 7 heteroatoms. The lowest BCUT2D eigenvalue weighted by atomic mass is 9.86. The number of benzene rings is 3. The molecule has 3 aromatic carbocycles. The van der Waals surface area contributed by atoms with Crippen LogP contribution in [0.4, 0.5) is 5.69 Å². The summed E-state index contributed by atoms with van der Waals surface area (Å²) in [4.78, 5) is 16.6. The Morgan fingerprint density at radius 1 is 0.977 bits per heavy atom. The van der Waals surface area contributed by atoms with E-state index >= 15 is 0 Å². The van der Waals surface area contributed by atoms with Crippen molar-refractivity contribution in [3.05, 3.63) is 119 Å². The number of allylic oxidation sites excluding steroid dienone is 4. The van der Waals surface area contributed by atoms with Gasteiger partial charge in [-0.1, -0.05) is 100.0 Å². The van der Waals surface area contributed by atoms with Crippen molar-refractivity contribution in [3.63, 3.8) is 0 Å². The third-order valence-corrected chi connectivity index (χ3v) is 7.84. The van der Waals surface area contributed by atoms with E-state index < -0.39 is 11.9 Å². The Balaban J connectivity index is 1.67. The summed E-state index contributed by atoms with van der Waals surface area (Å²) in [7, 11) is 0. The van der Waals surface area contributed by atoms with Crippen molar-refractivity contribution in [2.24, 2.45) is 5.73 Å². The first-order chi connectivity index (χ1) is 20.5. The molecule has 4 rings (SSSR count). The lowest BCUT2D eigenvalue weighted by molar-refractivity contribution is -0.118. The summed E-state index contributed by atoms with van der Waals surface area (Å²) in [5.41, 5.74) is 13.8. The number of amides is 1. The second-order valence-electron chi connectivity index (χ2n) is 11.7. The van der Waals surface area contributed by atoms with E-state index in [2.05, 4.69) is 92.2 Å². The van der Waals surface area contributed by atoms with Gasteiger partial charge >= 0.3 is 0 Å². The number of carbonyl (C=O) groups excluding carboxylic acids is 1. The summed E-state index contributed by atoms with van der Waals surface area (Å²) in [5.74, 6) is 0.785. The number of anilines is 1. The molecule has 0 saturated heterocycles. The standard InChI is InChI=1S/C36H40Cl2N4O/c1-6-7-31(32(38)20-21-37)33-23-42(30-18-16-29(17-19-30)40-24(2)35(39)43)34(41-33)22-25-8-10-26(11-9-25)27-12-14-28(15-13-27)36(3,4)5/h7-20,23-24,40H,6,21-22H2,1-5H3,(H2,39,43)/b31-7+,32-20+. The number of rotatable bonds is 11. The molecule has 1 atom stereocenters. The van der Waals surface area contributed by atoms with Gasteiger partial charge < -0.3 is 15.6 Å². The van der Waals surface area contributed by atoms with E-state index in [-0.39, 0.29) is 5.41 Å². The van der Waals surface area contributed by atoms with Crippen molar-refractivity contribution < 1.29 is 4.79 Å². The quantitative estimate of drug-likeness (QED) is 0.131. The number of nitrogens with two attached hydrogens (primary N) is 1. The van der Waals surface area contributed by atoms with Crippen LogP contribution >= 0.6 is 23.2 Å². The smallest absolute Gasteiger partial charge is 0.239 e. The molecule has 3 N–H and O–H groups in total. The van der Waals surface area contributed by atoms with Crippen LogP contribution < -0.4 is 11.1 Å². The molecule has 0 radical (unpaired) electrons. The maximum atomic E-state index is 11.5. The topological polar surface area (TPSA) is 72.9 Å². The monoisotopic (exact) mass is 614 g/mol. The van der Waals surface area contributed by atoms with Gasteiger partial charge in [0.1, 0.15) is 11.9 Å². The molecule has 1 amide bonds. The first-order valence-corrected chi connectivity index (χ1v) is 15.5. The Kier molecular flexibility index (Phi) is 10.5. The molecule has 0 aliphatic rings. The summed E-state index contributed by atoms with van der Waals surface area (Å²) >= 11 is 12.6. The summed E-state index contributed by atoms with van der Waals surface area (Å²) in [5, 5.41) is 3.71. The number of nitrogens with one attached hydrogen (secondary N) is 1. The minimum Gasteiger partial charge on any atom is -0.374 e. The minimum atomic E-state index is -0.474. The fourth-order valence-electron chi connectivity index (χ4n) is 4.80. The van der Waals surface area contributed by atoms with Crippen molar-refractivity contribution in [2.45, 2.75) is 58.9 Å². The van der Waals surface area contributed by atoms with Gasteiger partial charge in [0, 0.05) is 40.5 Å². The molecule has 43 heavy (non-hydrogen) atoms. The van der Waals surface area contributed by atoms with Crippen LogP contribution in [0.5, 0.6) is 0 Å². The van der Waals surface area contributed by atoms with Gasteiger partial charge in [-0.05, 0) is 65.3 Å². The number of carbonyl (C=O) groups is 1. The molecule has 5 nitrogen and oxygen atoms in total. The average molecular weight is 616 g/mol. The summed E-state index contributed by atoms with van der Waals surface area (Å²) in [6, 6.07) is 24.8. The molecular formula is C36H40Cl2N4O. The number of primary amides is 1. The Morgan fingerprint density at radius 2 is 1.58 bits per heavy atom. The molecule has 0 saturated carbocycles. The molecule has 0 bridgehead atoms. The van der Waals surface area contributed by atoms with Crippen molar-refractivity contribution >= 4 is 40.4 Å². The lowest BCUT2D eigenvalue weighted by Crippen LogP contribution is -2.32. The van der Waals surface area contributed by atoms with E-state index in [1.165, 1.54) is 16.7 Å². The molecule has 1 aromatic heterocycles. The Hall–Kier alpha value is -3.80. The van der Waals surface area contributed by atoms with E-state index in [1.54, 1.807) is 13.0 Å². The summed E-state index contributed by atoms with van der Waals surface area (Å²) in [6.45, 7) is 10.5. The van der Waals surface area contributed by atoms with Crippen LogP contribution in [0.15, 0.2) is 96.2 Å². The molecule has 1 heterocycles. The van der Waals surface area contributed by atoms with E-state index in [9.17, 15) is 4.79 Å². The first kappa shape index (κ1) is 32.1. The van der Waals surface area contributed by atoms with Crippen molar-refractivity contribution in [2.75, 3.05) is 11.2 Å². The summed E-state index contributed by atoms with van der Waals surface area (Å²) in [6.07, 6.45) is 7.30. The maximum absolute atomic E-state index is 11.5. The fraction of sp³-hybridized carbons (Fsp3) is 0.278. The molecular weight excluding hydrogens is 575 g/mol. The SMILES string of the molecule is CC/C=C(\C(Cl)=C/CCl)c1cn(-c2ccc(NC(C)C(N)=O)cc2)c(Cc2ccc(-c3ccc(C(C)(C)C)cc3)cc2)n1. The number of hydrogen-bond donors (Lipinski definition) is 2. The molecule has 0 aliphatic heterocycles.